The molecule has 1 fully saturated rings. The first-order valence-electron chi connectivity index (χ1n) is 11.1. The van der Waals surface area contributed by atoms with Crippen LogP contribution in [0, 0.1) is 6.92 Å². The molecule has 9 heteroatoms. The van der Waals surface area contributed by atoms with Gasteiger partial charge in [0.25, 0.3) is 5.91 Å². The Hall–Kier alpha value is -3.72. The Bertz CT molecular complexity index is 1110. The van der Waals surface area contributed by atoms with Gasteiger partial charge in [-0.1, -0.05) is 6.07 Å². The van der Waals surface area contributed by atoms with Crippen molar-refractivity contribution in [1.82, 2.24) is 15.0 Å². The molecule has 1 aliphatic rings. The molecule has 1 amide bonds. The van der Waals surface area contributed by atoms with E-state index in [1.165, 1.54) is 0 Å². The summed E-state index contributed by atoms with van der Waals surface area (Å²) in [5, 5.41) is 9.50. The summed E-state index contributed by atoms with van der Waals surface area (Å²) in [5.41, 5.74) is 3.13. The quantitative estimate of drug-likeness (QED) is 0.502. The number of amides is 1. The summed E-state index contributed by atoms with van der Waals surface area (Å²) in [4.78, 5) is 28.2. The van der Waals surface area contributed by atoms with E-state index in [2.05, 4.69) is 35.8 Å². The van der Waals surface area contributed by atoms with E-state index in [-0.39, 0.29) is 11.9 Å². The van der Waals surface area contributed by atoms with Gasteiger partial charge in [-0.2, -0.15) is 4.98 Å². The van der Waals surface area contributed by atoms with E-state index in [0.29, 0.717) is 36.2 Å². The molecular weight excluding hydrogens is 418 g/mol. The third-order valence-corrected chi connectivity index (χ3v) is 5.17. The number of carbonyl (C=O) groups is 1. The number of morpholine rings is 1. The van der Waals surface area contributed by atoms with Crippen LogP contribution in [0.4, 0.5) is 29.0 Å². The molecule has 0 spiro atoms. The van der Waals surface area contributed by atoms with Crippen LogP contribution < -0.4 is 20.9 Å². The van der Waals surface area contributed by atoms with Crippen molar-refractivity contribution in [3.8, 4) is 0 Å². The van der Waals surface area contributed by atoms with Crippen LogP contribution in [-0.4, -0.2) is 53.2 Å². The Morgan fingerprint density at radius 1 is 1.06 bits per heavy atom. The molecule has 0 atom stereocenters. The van der Waals surface area contributed by atoms with Gasteiger partial charge in [0.1, 0.15) is 11.6 Å². The lowest BCUT2D eigenvalue weighted by molar-refractivity contribution is 0.102. The highest BCUT2D eigenvalue weighted by Gasteiger charge is 2.15. The molecule has 0 radical (unpaired) electrons. The van der Waals surface area contributed by atoms with Crippen molar-refractivity contribution < 1.29 is 9.53 Å². The van der Waals surface area contributed by atoms with Gasteiger partial charge in [-0.05, 0) is 56.7 Å². The Balaban J connectivity index is 1.47. The zero-order chi connectivity index (χ0) is 23.2. The van der Waals surface area contributed by atoms with Crippen molar-refractivity contribution in [2.75, 3.05) is 47.2 Å². The molecule has 3 N–H and O–H groups in total. The van der Waals surface area contributed by atoms with Gasteiger partial charge in [-0.25, -0.2) is 9.97 Å². The number of pyridine rings is 1. The van der Waals surface area contributed by atoms with E-state index in [1.54, 1.807) is 24.5 Å². The molecule has 1 saturated heterocycles. The van der Waals surface area contributed by atoms with Crippen molar-refractivity contribution >= 4 is 34.9 Å². The molecule has 172 valence electrons. The van der Waals surface area contributed by atoms with Gasteiger partial charge in [0.15, 0.2) is 0 Å². The zero-order valence-electron chi connectivity index (χ0n) is 19.1. The van der Waals surface area contributed by atoms with Gasteiger partial charge in [0.05, 0.1) is 13.2 Å². The van der Waals surface area contributed by atoms with Gasteiger partial charge in [-0.3, -0.25) is 4.79 Å². The highest BCUT2D eigenvalue weighted by molar-refractivity contribution is 6.05. The highest BCUT2D eigenvalue weighted by Crippen LogP contribution is 2.24. The maximum atomic E-state index is 12.9. The van der Waals surface area contributed by atoms with E-state index in [0.717, 1.165) is 30.2 Å². The summed E-state index contributed by atoms with van der Waals surface area (Å²) in [6.07, 6.45) is 3.37. The molecular formula is C24H29N7O2. The lowest BCUT2D eigenvalue weighted by atomic mass is 10.1. The maximum Gasteiger partial charge on any atom is 0.255 e. The number of aromatic nitrogens is 3. The second-order valence-electron chi connectivity index (χ2n) is 8.18. The number of rotatable bonds is 7. The van der Waals surface area contributed by atoms with Crippen LogP contribution in [0.3, 0.4) is 0 Å². The summed E-state index contributed by atoms with van der Waals surface area (Å²) < 4.78 is 5.40. The maximum absolute atomic E-state index is 12.9. The minimum Gasteiger partial charge on any atom is -0.378 e. The van der Waals surface area contributed by atoms with Gasteiger partial charge < -0.3 is 25.6 Å². The van der Waals surface area contributed by atoms with Crippen molar-refractivity contribution in [1.29, 1.82) is 0 Å². The summed E-state index contributed by atoms with van der Waals surface area (Å²) in [5.74, 6) is 1.83. The fourth-order valence-corrected chi connectivity index (χ4v) is 3.46. The molecule has 0 saturated carbocycles. The van der Waals surface area contributed by atoms with Crippen molar-refractivity contribution in [2.24, 2.45) is 0 Å². The molecule has 1 aliphatic heterocycles. The minimum atomic E-state index is -0.188. The molecule has 9 nitrogen and oxygen atoms in total. The van der Waals surface area contributed by atoms with E-state index in [9.17, 15) is 4.79 Å². The number of carbonyl (C=O) groups excluding carboxylic acids is 1. The average molecular weight is 448 g/mol. The average Bonchev–Trinajstić information content (AvgIpc) is 2.82. The Morgan fingerprint density at radius 3 is 2.64 bits per heavy atom. The fraction of sp³-hybridized carbons (Fsp3) is 0.333. The minimum absolute atomic E-state index is 0.188. The summed E-state index contributed by atoms with van der Waals surface area (Å²) in [7, 11) is 0. The van der Waals surface area contributed by atoms with Crippen molar-refractivity contribution in [3.63, 3.8) is 0 Å². The monoisotopic (exact) mass is 447 g/mol. The molecule has 0 bridgehead atoms. The van der Waals surface area contributed by atoms with Crippen LogP contribution in [0.25, 0.3) is 0 Å². The van der Waals surface area contributed by atoms with Crippen LogP contribution >= 0.6 is 0 Å². The van der Waals surface area contributed by atoms with Crippen molar-refractivity contribution in [2.45, 2.75) is 26.8 Å². The van der Waals surface area contributed by atoms with E-state index in [4.69, 9.17) is 4.74 Å². The number of benzene rings is 1. The third-order valence-electron chi connectivity index (χ3n) is 5.17. The predicted octanol–water partition coefficient (Wildman–Crippen LogP) is 3.83. The second kappa shape index (κ2) is 10.3. The van der Waals surface area contributed by atoms with Crippen LogP contribution in [0.1, 0.15) is 29.8 Å². The van der Waals surface area contributed by atoms with E-state index in [1.807, 2.05) is 45.0 Å². The SMILES string of the molecule is Cc1ccc(NC(=O)c2ccnc(N3CCOCC3)c2)cc1Nc1ccnc(NC(C)C)n1. The van der Waals surface area contributed by atoms with Gasteiger partial charge in [-0.15, -0.1) is 0 Å². The number of hydrogen-bond donors (Lipinski definition) is 3. The second-order valence-corrected chi connectivity index (χ2v) is 8.18. The molecule has 3 heterocycles. The van der Waals surface area contributed by atoms with Crippen LogP contribution in [0.15, 0.2) is 48.8 Å². The smallest absolute Gasteiger partial charge is 0.255 e. The van der Waals surface area contributed by atoms with Crippen LogP contribution in [0.5, 0.6) is 0 Å². The first-order valence-corrected chi connectivity index (χ1v) is 11.1. The molecule has 2 aromatic heterocycles. The summed E-state index contributed by atoms with van der Waals surface area (Å²) in [6.45, 7) is 8.93. The topological polar surface area (TPSA) is 104 Å². The van der Waals surface area contributed by atoms with Crippen molar-refractivity contribution in [3.05, 3.63) is 59.9 Å². The number of hydrogen-bond acceptors (Lipinski definition) is 8. The number of nitrogens with one attached hydrogen (secondary N) is 3. The lowest BCUT2D eigenvalue weighted by Crippen LogP contribution is -2.36. The fourth-order valence-electron chi connectivity index (χ4n) is 3.46. The Morgan fingerprint density at radius 2 is 1.85 bits per heavy atom. The molecule has 3 aromatic rings. The van der Waals surface area contributed by atoms with Gasteiger partial charge in [0.2, 0.25) is 5.95 Å². The molecule has 4 rings (SSSR count). The summed E-state index contributed by atoms with van der Waals surface area (Å²) >= 11 is 0. The van der Waals surface area contributed by atoms with E-state index < -0.39 is 0 Å². The Kier molecular flexibility index (Phi) is 6.99. The molecule has 0 unspecified atom stereocenters. The first-order chi connectivity index (χ1) is 16.0. The van der Waals surface area contributed by atoms with Crippen LogP contribution in [-0.2, 0) is 4.74 Å². The third kappa shape index (κ3) is 5.95. The van der Waals surface area contributed by atoms with Gasteiger partial charge in [0, 0.05) is 48.5 Å². The molecule has 33 heavy (non-hydrogen) atoms. The lowest BCUT2D eigenvalue weighted by Gasteiger charge is -2.27. The number of aryl methyl sites for hydroxylation is 1. The number of nitrogens with zero attached hydrogens (tertiary/aromatic N) is 4. The zero-order valence-corrected chi connectivity index (χ0v) is 19.1. The normalized spacial score (nSPS) is 13.6. The number of ether oxygens (including phenoxy) is 1. The highest BCUT2D eigenvalue weighted by atomic mass is 16.5. The largest absolute Gasteiger partial charge is 0.378 e. The first kappa shape index (κ1) is 22.5. The molecule has 0 aliphatic carbocycles. The van der Waals surface area contributed by atoms with Gasteiger partial charge >= 0.3 is 0 Å². The number of anilines is 5. The van der Waals surface area contributed by atoms with E-state index >= 15 is 0 Å². The summed E-state index contributed by atoms with van der Waals surface area (Å²) in [6, 6.07) is 11.3. The van der Waals surface area contributed by atoms with Crippen LogP contribution in [0.2, 0.25) is 0 Å². The predicted molar refractivity (Wildman–Crippen MR) is 130 cm³/mol. The molecule has 1 aromatic carbocycles. The standard InChI is InChI=1S/C24H29N7O2/c1-16(2)27-24-26-9-7-21(30-24)29-20-15-19(5-4-17(20)3)28-23(32)18-6-8-25-22(14-18)31-10-12-33-13-11-31/h4-9,14-16H,10-13H2,1-3H3,(H,28,32)(H2,26,27,29,30). The Labute approximate surface area is 193 Å².